The molecule has 0 aliphatic carbocycles. The molecule has 0 bridgehead atoms. The van der Waals surface area contributed by atoms with E-state index in [1.54, 1.807) is 12.1 Å². The van der Waals surface area contributed by atoms with Crippen molar-refractivity contribution in [2.45, 2.75) is 19.0 Å². The van der Waals surface area contributed by atoms with Crippen molar-refractivity contribution in [2.75, 3.05) is 14.2 Å². The summed E-state index contributed by atoms with van der Waals surface area (Å²) in [6.07, 6.45) is 1.58. The summed E-state index contributed by atoms with van der Waals surface area (Å²) in [4.78, 5) is 39.5. The first-order chi connectivity index (χ1) is 9.52. The lowest BCUT2D eigenvalue weighted by atomic mass is 10.2. The fraction of sp³-hybridized carbons (Fsp3) is 0.385. The molecule has 0 saturated carbocycles. The van der Waals surface area contributed by atoms with Crippen LogP contribution in [-0.4, -0.2) is 47.9 Å². The Balaban J connectivity index is 1.93. The van der Waals surface area contributed by atoms with Gasteiger partial charge in [-0.15, -0.1) is 0 Å². The number of carbonyl (C=O) groups is 3. The van der Waals surface area contributed by atoms with Crippen LogP contribution in [0.1, 0.15) is 22.5 Å². The van der Waals surface area contributed by atoms with E-state index < -0.39 is 12.0 Å². The van der Waals surface area contributed by atoms with Crippen LogP contribution < -0.4 is 5.32 Å². The summed E-state index contributed by atoms with van der Waals surface area (Å²) >= 11 is 0. The third kappa shape index (κ3) is 2.83. The van der Waals surface area contributed by atoms with Crippen LogP contribution in [0.4, 0.5) is 0 Å². The summed E-state index contributed by atoms with van der Waals surface area (Å²) in [5.74, 6) is -0.877. The second kappa shape index (κ2) is 5.79. The van der Waals surface area contributed by atoms with E-state index in [-0.39, 0.29) is 18.2 Å². The van der Waals surface area contributed by atoms with Crippen LogP contribution in [-0.2, 0) is 20.9 Å². The molecule has 1 atom stereocenters. The zero-order valence-corrected chi connectivity index (χ0v) is 11.3. The molecule has 1 unspecified atom stereocenters. The molecule has 2 amide bonds. The third-order valence-corrected chi connectivity index (χ3v) is 3.16. The van der Waals surface area contributed by atoms with Gasteiger partial charge in [0.2, 0.25) is 11.8 Å². The van der Waals surface area contributed by atoms with Gasteiger partial charge in [0.25, 0.3) is 0 Å². The number of likely N-dealkylation sites (N-methyl/N-ethyl adjacent to an activating group) is 1. The second-order valence-electron chi connectivity index (χ2n) is 4.46. The number of nitrogens with one attached hydrogen (secondary N) is 1. The van der Waals surface area contributed by atoms with Gasteiger partial charge >= 0.3 is 5.97 Å². The molecule has 1 N–H and O–H groups in total. The molecule has 0 aromatic carbocycles. The number of carbonyl (C=O) groups excluding carboxylic acids is 3. The van der Waals surface area contributed by atoms with Crippen LogP contribution in [0.25, 0.3) is 0 Å². The Hall–Kier alpha value is -2.28. The van der Waals surface area contributed by atoms with Gasteiger partial charge in [-0.3, -0.25) is 24.8 Å². The molecule has 106 valence electrons. The van der Waals surface area contributed by atoms with E-state index in [1.807, 2.05) is 0 Å². The van der Waals surface area contributed by atoms with E-state index >= 15 is 0 Å². The smallest absolute Gasteiger partial charge is 0.339 e. The molecule has 1 aliphatic rings. The quantitative estimate of drug-likeness (QED) is 0.601. The lowest BCUT2D eigenvalue weighted by molar-refractivity contribution is -0.137. The highest BCUT2D eigenvalue weighted by Gasteiger charge is 2.35. The molecular formula is C13H15N3O4. The van der Waals surface area contributed by atoms with E-state index in [0.29, 0.717) is 17.8 Å². The highest BCUT2D eigenvalue weighted by molar-refractivity contribution is 6.05. The molecule has 1 aliphatic heterocycles. The number of hydrogen-bond donors (Lipinski definition) is 1. The highest BCUT2D eigenvalue weighted by atomic mass is 16.5. The first-order valence-corrected chi connectivity index (χ1v) is 6.10. The molecule has 2 rings (SSSR count). The minimum atomic E-state index is -0.505. The van der Waals surface area contributed by atoms with Gasteiger partial charge < -0.3 is 4.74 Å². The zero-order chi connectivity index (χ0) is 14.7. The molecule has 7 nitrogen and oxygen atoms in total. The van der Waals surface area contributed by atoms with Crippen molar-refractivity contribution < 1.29 is 19.1 Å². The van der Waals surface area contributed by atoms with Crippen molar-refractivity contribution in [2.24, 2.45) is 0 Å². The van der Waals surface area contributed by atoms with Crippen molar-refractivity contribution in [3.8, 4) is 0 Å². The first kappa shape index (κ1) is 14.1. The molecule has 7 heteroatoms. The number of nitrogens with zero attached hydrogens (tertiary/aromatic N) is 2. The maximum atomic E-state index is 11.7. The Morgan fingerprint density at radius 1 is 1.50 bits per heavy atom. The fourth-order valence-corrected chi connectivity index (χ4v) is 1.91. The molecule has 1 fully saturated rings. The largest absolute Gasteiger partial charge is 0.465 e. The first-order valence-electron chi connectivity index (χ1n) is 6.10. The van der Waals surface area contributed by atoms with E-state index in [4.69, 9.17) is 0 Å². The van der Waals surface area contributed by atoms with E-state index in [0.717, 1.165) is 4.90 Å². The van der Waals surface area contributed by atoms with Crippen LogP contribution in [0.2, 0.25) is 0 Å². The van der Waals surface area contributed by atoms with Gasteiger partial charge in [0, 0.05) is 19.8 Å². The average molecular weight is 277 g/mol. The number of hydrogen-bond acceptors (Lipinski definition) is 6. The Morgan fingerprint density at radius 3 is 2.75 bits per heavy atom. The minimum absolute atomic E-state index is 0.162. The van der Waals surface area contributed by atoms with Crippen LogP contribution in [0.15, 0.2) is 18.3 Å². The number of ether oxygens (including phenoxy) is 1. The Bertz CT molecular complexity index is 541. The highest BCUT2D eigenvalue weighted by Crippen LogP contribution is 2.11. The lowest BCUT2D eigenvalue weighted by Crippen LogP contribution is -2.36. The van der Waals surface area contributed by atoms with Gasteiger partial charge in [0.1, 0.15) is 0 Å². The van der Waals surface area contributed by atoms with Gasteiger partial charge in [-0.25, -0.2) is 4.79 Å². The summed E-state index contributed by atoms with van der Waals surface area (Å²) in [6.45, 7) is 0.346. The van der Waals surface area contributed by atoms with Gasteiger partial charge in [0.15, 0.2) is 0 Å². The number of aromatic nitrogens is 1. The van der Waals surface area contributed by atoms with Crippen LogP contribution in [0, 0.1) is 0 Å². The number of imide groups is 1. The number of esters is 1. The predicted octanol–water partition coefficient (Wildman–Crippen LogP) is -0.285. The minimum Gasteiger partial charge on any atom is -0.465 e. The van der Waals surface area contributed by atoms with Gasteiger partial charge in [-0.1, -0.05) is 0 Å². The summed E-state index contributed by atoms with van der Waals surface area (Å²) < 4.78 is 4.57. The van der Waals surface area contributed by atoms with E-state index in [2.05, 4.69) is 15.0 Å². The summed E-state index contributed by atoms with van der Waals surface area (Å²) in [6, 6.07) is 2.77. The van der Waals surface area contributed by atoms with Crippen LogP contribution in [0.3, 0.4) is 0 Å². The monoisotopic (exact) mass is 277 g/mol. The SMILES string of the molecule is COC(=O)c1ccc(CNC2CC(=O)N(C)C2=O)nc1. The molecule has 20 heavy (non-hydrogen) atoms. The van der Waals surface area contributed by atoms with Crippen molar-refractivity contribution in [3.63, 3.8) is 0 Å². The molecular weight excluding hydrogens is 262 g/mol. The van der Waals surface area contributed by atoms with E-state index in [9.17, 15) is 14.4 Å². The standard InChI is InChI=1S/C13H15N3O4/c1-16-11(17)5-10(12(16)18)15-7-9-4-3-8(6-14-9)13(19)20-2/h3-4,6,10,15H,5,7H2,1-2H3. The lowest BCUT2D eigenvalue weighted by Gasteiger charge is -2.10. The Labute approximate surface area is 115 Å². The molecule has 1 saturated heterocycles. The predicted molar refractivity (Wildman–Crippen MR) is 68.6 cm³/mol. The number of pyridine rings is 1. The maximum absolute atomic E-state index is 11.7. The number of likely N-dealkylation sites (tertiary alicyclic amines) is 1. The van der Waals surface area contributed by atoms with Gasteiger partial charge in [-0.05, 0) is 12.1 Å². The van der Waals surface area contributed by atoms with Crippen molar-refractivity contribution in [1.82, 2.24) is 15.2 Å². The third-order valence-electron chi connectivity index (χ3n) is 3.16. The normalized spacial score (nSPS) is 18.5. The zero-order valence-electron chi connectivity index (χ0n) is 11.3. The maximum Gasteiger partial charge on any atom is 0.339 e. The van der Waals surface area contributed by atoms with Gasteiger partial charge in [-0.2, -0.15) is 0 Å². The van der Waals surface area contributed by atoms with Crippen LogP contribution in [0.5, 0.6) is 0 Å². The van der Waals surface area contributed by atoms with Crippen molar-refractivity contribution in [1.29, 1.82) is 0 Å². The average Bonchev–Trinajstić information content (AvgIpc) is 2.72. The van der Waals surface area contributed by atoms with Crippen molar-refractivity contribution in [3.05, 3.63) is 29.6 Å². The topological polar surface area (TPSA) is 88.6 Å². The Morgan fingerprint density at radius 2 is 2.25 bits per heavy atom. The molecule has 1 aromatic heterocycles. The van der Waals surface area contributed by atoms with Gasteiger partial charge in [0.05, 0.1) is 30.8 Å². The molecule has 0 radical (unpaired) electrons. The number of amides is 2. The van der Waals surface area contributed by atoms with Crippen molar-refractivity contribution >= 4 is 17.8 Å². The number of methoxy groups -OCH3 is 1. The fourth-order valence-electron chi connectivity index (χ4n) is 1.91. The number of rotatable bonds is 4. The molecule has 2 heterocycles. The van der Waals surface area contributed by atoms with E-state index in [1.165, 1.54) is 20.4 Å². The molecule has 0 spiro atoms. The van der Waals surface area contributed by atoms with Crippen LogP contribution >= 0.6 is 0 Å². The molecule has 1 aromatic rings. The Kier molecular flexibility index (Phi) is 4.09. The second-order valence-corrected chi connectivity index (χ2v) is 4.46. The summed E-state index contributed by atoms with van der Waals surface area (Å²) in [7, 11) is 2.77. The summed E-state index contributed by atoms with van der Waals surface area (Å²) in [5.41, 5.74) is 1.04. The summed E-state index contributed by atoms with van der Waals surface area (Å²) in [5, 5.41) is 2.98.